The first-order chi connectivity index (χ1) is 10.1. The Morgan fingerprint density at radius 3 is 2.76 bits per heavy atom. The number of benzene rings is 2. The number of halogens is 2. The highest BCUT2D eigenvalue weighted by Gasteiger charge is 2.08. The minimum Gasteiger partial charge on any atom is -0.396 e. The molecule has 0 aliphatic heterocycles. The molecule has 0 aromatic heterocycles. The van der Waals surface area contributed by atoms with E-state index in [4.69, 9.17) is 5.11 Å². The van der Waals surface area contributed by atoms with Crippen molar-refractivity contribution in [3.8, 4) is 0 Å². The van der Waals surface area contributed by atoms with Crippen LogP contribution in [0.2, 0.25) is 0 Å². The number of nitrogens with one attached hydrogen (secondary N) is 1. The molecule has 0 saturated carbocycles. The second kappa shape index (κ2) is 7.57. The molecule has 1 unspecified atom stereocenters. The summed E-state index contributed by atoms with van der Waals surface area (Å²) in [5.74, 6) is -0.253. The fourth-order valence-electron chi connectivity index (χ4n) is 2.21. The Kier molecular flexibility index (Phi) is 5.76. The topological polar surface area (TPSA) is 32.3 Å². The molecule has 0 spiro atoms. The summed E-state index contributed by atoms with van der Waals surface area (Å²) in [5.41, 5.74) is 3.24. The van der Waals surface area contributed by atoms with E-state index in [0.717, 1.165) is 24.1 Å². The molecule has 112 valence electrons. The van der Waals surface area contributed by atoms with Crippen molar-refractivity contribution >= 4 is 21.6 Å². The van der Waals surface area contributed by atoms with Crippen LogP contribution in [-0.2, 0) is 6.42 Å². The van der Waals surface area contributed by atoms with Crippen molar-refractivity contribution in [1.82, 2.24) is 0 Å². The second-order valence-corrected chi connectivity index (χ2v) is 5.92. The third-order valence-electron chi connectivity index (χ3n) is 3.38. The van der Waals surface area contributed by atoms with Crippen LogP contribution in [0.1, 0.15) is 30.5 Å². The van der Waals surface area contributed by atoms with E-state index in [0.29, 0.717) is 4.47 Å². The molecule has 0 fully saturated rings. The highest BCUT2D eigenvalue weighted by atomic mass is 79.9. The third-order valence-corrected chi connectivity index (χ3v) is 3.99. The van der Waals surface area contributed by atoms with Gasteiger partial charge >= 0.3 is 0 Å². The third kappa shape index (κ3) is 4.55. The molecule has 4 heteroatoms. The van der Waals surface area contributed by atoms with Crippen LogP contribution in [-0.4, -0.2) is 11.7 Å². The lowest BCUT2D eigenvalue weighted by atomic mass is 10.1. The van der Waals surface area contributed by atoms with Crippen LogP contribution in [0.15, 0.2) is 46.9 Å². The summed E-state index contributed by atoms with van der Waals surface area (Å²) in [5, 5.41) is 12.3. The molecule has 0 saturated heterocycles. The molecule has 0 heterocycles. The highest BCUT2D eigenvalue weighted by molar-refractivity contribution is 9.10. The van der Waals surface area contributed by atoms with Gasteiger partial charge in [-0.3, -0.25) is 0 Å². The van der Waals surface area contributed by atoms with Gasteiger partial charge in [-0.25, -0.2) is 4.39 Å². The lowest BCUT2D eigenvalue weighted by molar-refractivity contribution is 0.288. The van der Waals surface area contributed by atoms with Crippen molar-refractivity contribution in [2.75, 3.05) is 11.9 Å². The van der Waals surface area contributed by atoms with Crippen molar-refractivity contribution in [2.24, 2.45) is 0 Å². The average molecular weight is 352 g/mol. The van der Waals surface area contributed by atoms with Gasteiger partial charge in [-0.1, -0.05) is 18.2 Å². The molecule has 0 bridgehead atoms. The molecule has 0 aliphatic rings. The maximum absolute atomic E-state index is 13.3. The van der Waals surface area contributed by atoms with Crippen molar-refractivity contribution in [1.29, 1.82) is 0 Å². The van der Waals surface area contributed by atoms with Gasteiger partial charge < -0.3 is 10.4 Å². The van der Waals surface area contributed by atoms with Crippen LogP contribution in [0.25, 0.3) is 0 Å². The summed E-state index contributed by atoms with van der Waals surface area (Å²) in [4.78, 5) is 0. The lowest BCUT2D eigenvalue weighted by Crippen LogP contribution is -2.07. The van der Waals surface area contributed by atoms with E-state index in [1.54, 1.807) is 12.1 Å². The summed E-state index contributed by atoms with van der Waals surface area (Å²) in [6.45, 7) is 2.25. The lowest BCUT2D eigenvalue weighted by Gasteiger charge is -2.17. The molecule has 21 heavy (non-hydrogen) atoms. The Hall–Kier alpha value is -1.39. The summed E-state index contributed by atoms with van der Waals surface area (Å²) in [6.07, 6.45) is 1.63. The predicted octanol–water partition coefficient (Wildman–Crippen LogP) is 4.69. The van der Waals surface area contributed by atoms with Crippen molar-refractivity contribution in [3.63, 3.8) is 0 Å². The number of hydrogen-bond donors (Lipinski definition) is 2. The van der Waals surface area contributed by atoms with Gasteiger partial charge in [0.1, 0.15) is 5.82 Å². The molecule has 0 radical (unpaired) electrons. The quantitative estimate of drug-likeness (QED) is 0.791. The Labute approximate surface area is 133 Å². The maximum Gasteiger partial charge on any atom is 0.137 e. The number of anilines is 1. The second-order valence-electron chi connectivity index (χ2n) is 5.07. The van der Waals surface area contributed by atoms with E-state index in [1.165, 1.54) is 11.6 Å². The summed E-state index contributed by atoms with van der Waals surface area (Å²) in [6, 6.07) is 13.3. The Morgan fingerprint density at radius 1 is 1.24 bits per heavy atom. The van der Waals surface area contributed by atoms with E-state index in [1.807, 2.05) is 19.1 Å². The molecule has 2 nitrogen and oxygen atoms in total. The first-order valence-electron chi connectivity index (χ1n) is 7.01. The molecule has 0 aliphatic carbocycles. The van der Waals surface area contributed by atoms with Gasteiger partial charge in [-0.2, -0.15) is 0 Å². The zero-order chi connectivity index (χ0) is 15.2. The number of rotatable bonds is 6. The van der Waals surface area contributed by atoms with E-state index in [-0.39, 0.29) is 18.5 Å². The summed E-state index contributed by atoms with van der Waals surface area (Å²) >= 11 is 3.21. The van der Waals surface area contributed by atoms with Gasteiger partial charge in [0, 0.05) is 18.3 Å². The fourth-order valence-corrected chi connectivity index (χ4v) is 2.61. The zero-order valence-corrected chi connectivity index (χ0v) is 13.5. The number of aryl methyl sites for hydroxylation is 1. The zero-order valence-electron chi connectivity index (χ0n) is 11.9. The van der Waals surface area contributed by atoms with E-state index >= 15 is 0 Å². The Bertz CT molecular complexity index is 603. The molecule has 2 aromatic rings. The monoisotopic (exact) mass is 351 g/mol. The number of aliphatic hydroxyl groups is 1. The highest BCUT2D eigenvalue weighted by Crippen LogP contribution is 2.24. The van der Waals surface area contributed by atoms with Crippen molar-refractivity contribution < 1.29 is 9.50 Å². The molecule has 2 N–H and O–H groups in total. The minimum atomic E-state index is -0.253. The molecular formula is C17H19BrFNO. The fraction of sp³-hybridized carbons (Fsp3) is 0.294. The van der Waals surface area contributed by atoms with Crippen LogP contribution >= 0.6 is 15.9 Å². The number of aliphatic hydroxyl groups excluding tert-OH is 1. The number of hydrogen-bond acceptors (Lipinski definition) is 2. The maximum atomic E-state index is 13.3. The summed E-state index contributed by atoms with van der Waals surface area (Å²) < 4.78 is 13.7. The minimum absolute atomic E-state index is 0.0787. The van der Waals surface area contributed by atoms with Gasteiger partial charge in [-0.15, -0.1) is 0 Å². The van der Waals surface area contributed by atoms with E-state index < -0.39 is 0 Å². The Balaban J connectivity index is 2.07. The summed E-state index contributed by atoms with van der Waals surface area (Å²) in [7, 11) is 0. The molecule has 2 rings (SSSR count). The van der Waals surface area contributed by atoms with Crippen LogP contribution in [0.3, 0.4) is 0 Å². The van der Waals surface area contributed by atoms with Crippen molar-refractivity contribution in [3.05, 3.63) is 63.9 Å². The standard InChI is InChI=1S/C17H19BrFNO/c1-12(14-7-8-17(19)16(18)11-14)20-15-6-2-4-13(10-15)5-3-9-21/h2,4,6-8,10-12,20-21H,3,5,9H2,1H3. The molecule has 2 aromatic carbocycles. The van der Waals surface area contributed by atoms with Crippen LogP contribution in [0.4, 0.5) is 10.1 Å². The van der Waals surface area contributed by atoms with Gasteiger partial charge in [0.25, 0.3) is 0 Å². The van der Waals surface area contributed by atoms with Gasteiger partial charge in [-0.05, 0) is 71.1 Å². The van der Waals surface area contributed by atoms with Crippen LogP contribution in [0, 0.1) is 5.82 Å². The van der Waals surface area contributed by atoms with E-state index in [9.17, 15) is 4.39 Å². The smallest absolute Gasteiger partial charge is 0.137 e. The first-order valence-corrected chi connectivity index (χ1v) is 7.80. The first kappa shape index (κ1) is 16.0. The molecule has 0 amide bonds. The van der Waals surface area contributed by atoms with Crippen molar-refractivity contribution in [2.45, 2.75) is 25.8 Å². The van der Waals surface area contributed by atoms with Gasteiger partial charge in [0.2, 0.25) is 0 Å². The van der Waals surface area contributed by atoms with Crippen LogP contribution in [0.5, 0.6) is 0 Å². The van der Waals surface area contributed by atoms with Crippen LogP contribution < -0.4 is 5.32 Å². The predicted molar refractivity (Wildman–Crippen MR) is 88.0 cm³/mol. The average Bonchev–Trinajstić information content (AvgIpc) is 2.48. The SMILES string of the molecule is CC(Nc1cccc(CCCO)c1)c1ccc(F)c(Br)c1. The van der Waals surface area contributed by atoms with Gasteiger partial charge in [0.15, 0.2) is 0 Å². The molecule has 1 atom stereocenters. The largest absolute Gasteiger partial charge is 0.396 e. The normalized spacial score (nSPS) is 12.2. The van der Waals surface area contributed by atoms with E-state index in [2.05, 4.69) is 33.4 Å². The molecular weight excluding hydrogens is 333 g/mol. The van der Waals surface area contributed by atoms with Gasteiger partial charge in [0.05, 0.1) is 4.47 Å². The Morgan fingerprint density at radius 2 is 2.05 bits per heavy atom.